The van der Waals surface area contributed by atoms with E-state index in [1.807, 2.05) is 0 Å². The van der Waals surface area contributed by atoms with E-state index in [1.165, 1.54) is 81.3 Å². The van der Waals surface area contributed by atoms with Gasteiger partial charge in [-0.3, -0.25) is 0 Å². The van der Waals surface area contributed by atoms with Gasteiger partial charge < -0.3 is 4.57 Å². The molecular formula is C52H37NSi. The molecule has 2 heteroatoms. The molecule has 0 saturated carbocycles. The molecule has 0 unspecified atom stereocenters. The number of benzene rings is 9. The maximum Gasteiger partial charge on any atom is 0.179 e. The fourth-order valence-electron chi connectivity index (χ4n) is 8.59. The van der Waals surface area contributed by atoms with E-state index in [0.29, 0.717) is 0 Å². The molecule has 10 rings (SSSR count). The average molecular weight is 704 g/mol. The predicted molar refractivity (Wildman–Crippen MR) is 233 cm³/mol. The highest BCUT2D eigenvalue weighted by Crippen LogP contribution is 2.33. The Kier molecular flexibility index (Phi) is 7.90. The van der Waals surface area contributed by atoms with Crippen LogP contribution in [0.3, 0.4) is 0 Å². The summed E-state index contributed by atoms with van der Waals surface area (Å²) < 4.78 is 2.37. The summed E-state index contributed by atoms with van der Waals surface area (Å²) >= 11 is 0. The lowest BCUT2D eigenvalue weighted by molar-refractivity contribution is 1.18. The standard InChI is InChI=1S/C52H37NSi/c1-4-14-45(15-5-1)54(46-16-6-2-7-17-46,47-18-8-3-9-19-47)48-34-30-39(31-35-48)41-25-27-42-36-40(24-26-43(42)37-41)38-28-32-44(33-29-38)53-51-22-12-10-20-49(51)50-21-11-13-23-52(50)53/h1-37H. The van der Waals surface area contributed by atoms with Crippen LogP contribution < -0.4 is 20.7 Å². The summed E-state index contributed by atoms with van der Waals surface area (Å²) in [4.78, 5) is 0. The minimum atomic E-state index is -2.55. The third-order valence-electron chi connectivity index (χ3n) is 11.2. The minimum Gasteiger partial charge on any atom is -0.309 e. The summed E-state index contributed by atoms with van der Waals surface area (Å²) in [5.41, 5.74) is 8.51. The summed E-state index contributed by atoms with van der Waals surface area (Å²) in [6.07, 6.45) is 0. The number of aromatic nitrogens is 1. The molecule has 0 atom stereocenters. The molecule has 0 aliphatic rings. The van der Waals surface area contributed by atoms with Gasteiger partial charge in [-0.1, -0.05) is 188 Å². The van der Waals surface area contributed by atoms with Crippen molar-refractivity contribution in [2.24, 2.45) is 0 Å². The van der Waals surface area contributed by atoms with Gasteiger partial charge in [0.2, 0.25) is 0 Å². The van der Waals surface area contributed by atoms with Crippen molar-refractivity contribution < 1.29 is 0 Å². The second kappa shape index (κ2) is 13.3. The number of hydrogen-bond acceptors (Lipinski definition) is 0. The largest absolute Gasteiger partial charge is 0.309 e. The predicted octanol–water partition coefficient (Wildman–Crippen LogP) is 10.6. The average Bonchev–Trinajstić information content (AvgIpc) is 3.59. The van der Waals surface area contributed by atoms with E-state index in [0.717, 1.165) is 0 Å². The fraction of sp³-hybridized carbons (Fsp3) is 0. The first-order valence-electron chi connectivity index (χ1n) is 18.7. The zero-order valence-corrected chi connectivity index (χ0v) is 30.8. The van der Waals surface area contributed by atoms with Crippen LogP contribution in [0.15, 0.2) is 224 Å². The molecule has 1 nitrogen and oxygen atoms in total. The number of nitrogens with zero attached hydrogens (tertiary/aromatic N) is 1. The highest BCUT2D eigenvalue weighted by Gasteiger charge is 2.41. The lowest BCUT2D eigenvalue weighted by atomic mass is 9.97. The van der Waals surface area contributed by atoms with Crippen molar-refractivity contribution in [2.45, 2.75) is 0 Å². The maximum atomic E-state index is 2.38. The Bertz CT molecular complexity index is 2740. The van der Waals surface area contributed by atoms with Crippen LogP contribution in [0.2, 0.25) is 0 Å². The first-order valence-corrected chi connectivity index (χ1v) is 20.7. The van der Waals surface area contributed by atoms with Crippen LogP contribution in [-0.4, -0.2) is 12.6 Å². The van der Waals surface area contributed by atoms with Crippen LogP contribution in [0.5, 0.6) is 0 Å². The van der Waals surface area contributed by atoms with Crippen molar-refractivity contribution in [1.29, 1.82) is 0 Å². The van der Waals surface area contributed by atoms with E-state index in [1.54, 1.807) is 0 Å². The molecule has 0 saturated heterocycles. The molecule has 0 bridgehead atoms. The Morgan fingerprint density at radius 3 is 1.07 bits per heavy atom. The van der Waals surface area contributed by atoms with Gasteiger partial charge in [0, 0.05) is 16.5 Å². The Morgan fingerprint density at radius 1 is 0.278 bits per heavy atom. The molecule has 0 aliphatic carbocycles. The molecule has 1 aromatic heterocycles. The third-order valence-corrected chi connectivity index (χ3v) is 15.9. The molecule has 9 aromatic carbocycles. The number of fused-ring (bicyclic) bond motifs is 4. The lowest BCUT2D eigenvalue weighted by Crippen LogP contribution is -2.74. The van der Waals surface area contributed by atoms with Gasteiger partial charge in [-0.15, -0.1) is 0 Å². The summed E-state index contributed by atoms with van der Waals surface area (Å²) in [5, 5.41) is 10.6. The topological polar surface area (TPSA) is 4.93 Å². The number of rotatable bonds is 7. The van der Waals surface area contributed by atoms with Crippen molar-refractivity contribution >= 4 is 61.4 Å². The van der Waals surface area contributed by atoms with E-state index in [4.69, 9.17) is 0 Å². The molecule has 0 aliphatic heterocycles. The van der Waals surface area contributed by atoms with Crippen molar-refractivity contribution in [3.8, 4) is 27.9 Å². The van der Waals surface area contributed by atoms with E-state index < -0.39 is 8.07 Å². The molecule has 254 valence electrons. The maximum absolute atomic E-state index is 2.55. The third kappa shape index (κ3) is 5.31. The zero-order chi connectivity index (χ0) is 35.9. The van der Waals surface area contributed by atoms with Gasteiger partial charge in [0.05, 0.1) is 11.0 Å². The minimum absolute atomic E-state index is 1.17. The van der Waals surface area contributed by atoms with Crippen molar-refractivity contribution in [3.63, 3.8) is 0 Å². The zero-order valence-electron chi connectivity index (χ0n) is 29.8. The van der Waals surface area contributed by atoms with Gasteiger partial charge in [0.25, 0.3) is 0 Å². The SMILES string of the molecule is c1ccc([Si](c2ccccc2)(c2ccccc2)c2ccc(-c3ccc4cc(-c5ccc(-n6c7ccccc7c7ccccc76)cc5)ccc4c3)cc2)cc1. The summed E-state index contributed by atoms with van der Waals surface area (Å²) in [5.74, 6) is 0. The van der Waals surface area contributed by atoms with Crippen LogP contribution in [0.4, 0.5) is 0 Å². The van der Waals surface area contributed by atoms with Crippen molar-refractivity contribution in [1.82, 2.24) is 4.57 Å². The Balaban J connectivity index is 0.983. The molecule has 0 amide bonds. The van der Waals surface area contributed by atoms with Crippen LogP contribution in [0, 0.1) is 0 Å². The van der Waals surface area contributed by atoms with Gasteiger partial charge in [0.1, 0.15) is 0 Å². The lowest BCUT2D eigenvalue weighted by Gasteiger charge is -2.34. The highest BCUT2D eigenvalue weighted by molar-refractivity contribution is 7.19. The van der Waals surface area contributed by atoms with E-state index in [9.17, 15) is 0 Å². The van der Waals surface area contributed by atoms with Crippen molar-refractivity contribution in [2.75, 3.05) is 0 Å². The summed E-state index contributed by atoms with van der Waals surface area (Å²) in [6, 6.07) is 82.8. The Labute approximate surface area is 317 Å². The van der Waals surface area contributed by atoms with E-state index >= 15 is 0 Å². The van der Waals surface area contributed by atoms with Gasteiger partial charge in [-0.25, -0.2) is 0 Å². The smallest absolute Gasteiger partial charge is 0.179 e. The quantitative estimate of drug-likeness (QED) is 0.115. The molecule has 54 heavy (non-hydrogen) atoms. The van der Waals surface area contributed by atoms with Crippen LogP contribution in [-0.2, 0) is 0 Å². The molecule has 10 aromatic rings. The van der Waals surface area contributed by atoms with Gasteiger partial charge in [0.15, 0.2) is 8.07 Å². The van der Waals surface area contributed by atoms with E-state index in [2.05, 4.69) is 229 Å². The van der Waals surface area contributed by atoms with Crippen molar-refractivity contribution in [3.05, 3.63) is 224 Å². The normalized spacial score (nSPS) is 11.7. The van der Waals surface area contributed by atoms with Gasteiger partial charge in [-0.2, -0.15) is 0 Å². The highest BCUT2D eigenvalue weighted by atomic mass is 28.3. The second-order valence-electron chi connectivity index (χ2n) is 14.1. The van der Waals surface area contributed by atoms with Crippen LogP contribution in [0.1, 0.15) is 0 Å². The van der Waals surface area contributed by atoms with Crippen LogP contribution in [0.25, 0.3) is 60.5 Å². The number of hydrogen-bond donors (Lipinski definition) is 0. The van der Waals surface area contributed by atoms with Crippen LogP contribution >= 0.6 is 0 Å². The molecule has 1 heterocycles. The molecule has 0 fully saturated rings. The first kappa shape index (κ1) is 31.9. The molecule has 0 radical (unpaired) electrons. The summed E-state index contributed by atoms with van der Waals surface area (Å²) in [7, 11) is -2.55. The van der Waals surface area contributed by atoms with Gasteiger partial charge in [-0.05, 0) is 90.2 Å². The second-order valence-corrected chi connectivity index (χ2v) is 17.9. The first-order chi connectivity index (χ1) is 26.8. The Hall–Kier alpha value is -6.74. The molecule has 0 N–H and O–H groups in total. The molecule has 0 spiro atoms. The summed E-state index contributed by atoms with van der Waals surface area (Å²) in [6.45, 7) is 0. The molecular weight excluding hydrogens is 667 g/mol. The van der Waals surface area contributed by atoms with E-state index in [-0.39, 0.29) is 0 Å². The van der Waals surface area contributed by atoms with Gasteiger partial charge >= 0.3 is 0 Å². The number of para-hydroxylation sites is 2. The fourth-order valence-corrected chi connectivity index (χ4v) is 13.3. The Morgan fingerprint density at radius 2 is 0.630 bits per heavy atom. The monoisotopic (exact) mass is 703 g/mol.